The fourth-order valence-electron chi connectivity index (χ4n) is 1.63. The second-order valence-corrected chi connectivity index (χ2v) is 6.55. The predicted octanol–water partition coefficient (Wildman–Crippen LogP) is -0.0292. The van der Waals surface area contributed by atoms with E-state index in [4.69, 9.17) is 0 Å². The highest BCUT2D eigenvalue weighted by Crippen LogP contribution is 2.18. The average Bonchev–Trinajstić information content (AvgIpc) is 2.86. The third-order valence-electron chi connectivity index (χ3n) is 2.87. The summed E-state index contributed by atoms with van der Waals surface area (Å²) in [5.41, 5.74) is 1.72. The Balaban J connectivity index is 1.89. The first-order chi connectivity index (χ1) is 9.88. The molecule has 0 atom stereocenters. The molecule has 0 bridgehead atoms. The number of sulfonamides is 1. The van der Waals surface area contributed by atoms with Crippen molar-refractivity contribution in [2.45, 2.75) is 0 Å². The van der Waals surface area contributed by atoms with Crippen molar-refractivity contribution >= 4 is 32.8 Å². The van der Waals surface area contributed by atoms with Crippen LogP contribution in [-0.2, 0) is 10.0 Å². The Morgan fingerprint density at radius 2 is 2.14 bits per heavy atom. The lowest BCUT2D eigenvalue weighted by Crippen LogP contribution is -2.37. The van der Waals surface area contributed by atoms with Gasteiger partial charge in [0.2, 0.25) is 10.0 Å². The van der Waals surface area contributed by atoms with Crippen LogP contribution in [0.2, 0.25) is 0 Å². The molecule has 2 aromatic rings. The van der Waals surface area contributed by atoms with Crippen LogP contribution in [0.3, 0.4) is 0 Å². The molecule has 2 rings (SSSR count). The van der Waals surface area contributed by atoms with E-state index in [0.29, 0.717) is 16.7 Å². The van der Waals surface area contributed by atoms with Gasteiger partial charge >= 0.3 is 6.03 Å². The van der Waals surface area contributed by atoms with Crippen molar-refractivity contribution in [2.75, 3.05) is 31.7 Å². The minimum Gasteiger partial charge on any atom is -0.337 e. The first-order valence-corrected chi connectivity index (χ1v) is 7.98. The van der Waals surface area contributed by atoms with Crippen LogP contribution in [0.5, 0.6) is 0 Å². The van der Waals surface area contributed by atoms with Gasteiger partial charge in [0.15, 0.2) is 0 Å². The topological polar surface area (TPSA) is 120 Å². The number of aromatic nitrogens is 3. The lowest BCUT2D eigenvalue weighted by molar-refractivity contribution is 0.251. The second kappa shape index (κ2) is 6.06. The third kappa shape index (κ3) is 3.89. The van der Waals surface area contributed by atoms with E-state index in [2.05, 4.69) is 26.0 Å². The molecule has 0 spiro atoms. The number of urea groups is 1. The van der Waals surface area contributed by atoms with E-state index in [1.54, 1.807) is 18.2 Å². The lowest BCUT2D eigenvalue weighted by atomic mass is 10.2. The number of likely N-dealkylation sites (N-methyl/N-ethyl adjacent to an activating group) is 1. The minimum atomic E-state index is -3.24. The maximum atomic E-state index is 11.8. The number of rotatable bonds is 5. The van der Waals surface area contributed by atoms with Crippen LogP contribution in [0.4, 0.5) is 10.5 Å². The van der Waals surface area contributed by atoms with E-state index >= 15 is 0 Å². The summed E-state index contributed by atoms with van der Waals surface area (Å²) in [7, 11) is -1.79. The van der Waals surface area contributed by atoms with E-state index in [1.165, 1.54) is 7.05 Å². The molecule has 0 aliphatic heterocycles. The number of aromatic amines is 1. The van der Waals surface area contributed by atoms with Gasteiger partial charge in [-0.1, -0.05) is 6.07 Å². The van der Waals surface area contributed by atoms with Crippen molar-refractivity contribution in [3.63, 3.8) is 0 Å². The fourth-order valence-corrected chi connectivity index (χ4v) is 2.05. The Kier molecular flexibility index (Phi) is 4.38. The first-order valence-electron chi connectivity index (χ1n) is 6.13. The number of fused-ring (bicyclic) bond motifs is 1. The van der Waals surface area contributed by atoms with Gasteiger partial charge in [-0.25, -0.2) is 17.5 Å². The molecule has 0 aliphatic rings. The molecule has 0 aliphatic carbocycles. The molecule has 2 amide bonds. The van der Waals surface area contributed by atoms with Crippen LogP contribution in [0.25, 0.3) is 11.0 Å². The third-order valence-corrected chi connectivity index (χ3v) is 4.19. The number of carbonyl (C=O) groups excluding carboxylic acids is 1. The number of hydrogen-bond acceptors (Lipinski definition) is 5. The molecule has 0 unspecified atom stereocenters. The zero-order chi connectivity index (χ0) is 15.5. The number of nitrogens with one attached hydrogen (secondary N) is 3. The van der Waals surface area contributed by atoms with Crippen molar-refractivity contribution in [3.8, 4) is 0 Å². The SMILES string of the molecule is CN(CCNC(=O)Nc1cccc2n[nH]nc12)S(C)(=O)=O. The molecular formula is C11H16N6O3S. The predicted molar refractivity (Wildman–Crippen MR) is 78.4 cm³/mol. The number of anilines is 1. The molecule has 0 fully saturated rings. The van der Waals surface area contributed by atoms with Crippen molar-refractivity contribution in [3.05, 3.63) is 18.2 Å². The van der Waals surface area contributed by atoms with Gasteiger partial charge in [0.05, 0.1) is 11.9 Å². The highest BCUT2D eigenvalue weighted by atomic mass is 32.2. The van der Waals surface area contributed by atoms with E-state index < -0.39 is 16.1 Å². The number of amides is 2. The van der Waals surface area contributed by atoms with Gasteiger partial charge in [-0.2, -0.15) is 15.4 Å². The van der Waals surface area contributed by atoms with Crippen LogP contribution >= 0.6 is 0 Å². The maximum absolute atomic E-state index is 11.8. The van der Waals surface area contributed by atoms with Gasteiger partial charge < -0.3 is 10.6 Å². The molecule has 1 heterocycles. The normalized spacial score (nSPS) is 11.8. The molecule has 3 N–H and O–H groups in total. The van der Waals surface area contributed by atoms with Gasteiger partial charge in [-0.15, -0.1) is 0 Å². The van der Waals surface area contributed by atoms with Crippen molar-refractivity contribution in [2.24, 2.45) is 0 Å². The average molecular weight is 312 g/mol. The number of benzene rings is 1. The molecule has 0 saturated carbocycles. The summed E-state index contributed by atoms with van der Waals surface area (Å²) in [5, 5.41) is 15.6. The van der Waals surface area contributed by atoms with Crippen LogP contribution in [0.15, 0.2) is 18.2 Å². The number of H-pyrrole nitrogens is 1. The van der Waals surface area contributed by atoms with Gasteiger partial charge in [-0.05, 0) is 12.1 Å². The lowest BCUT2D eigenvalue weighted by Gasteiger charge is -2.14. The summed E-state index contributed by atoms with van der Waals surface area (Å²) in [4.78, 5) is 11.8. The molecular weight excluding hydrogens is 296 g/mol. The zero-order valence-electron chi connectivity index (χ0n) is 11.6. The van der Waals surface area contributed by atoms with Gasteiger partial charge in [0.25, 0.3) is 0 Å². The Morgan fingerprint density at radius 1 is 1.38 bits per heavy atom. The van der Waals surface area contributed by atoms with E-state index in [9.17, 15) is 13.2 Å². The first kappa shape index (κ1) is 15.2. The smallest absolute Gasteiger partial charge is 0.319 e. The summed E-state index contributed by atoms with van der Waals surface area (Å²) in [6, 6.07) is 4.78. The van der Waals surface area contributed by atoms with Crippen LogP contribution in [0.1, 0.15) is 0 Å². The zero-order valence-corrected chi connectivity index (χ0v) is 12.4. The van der Waals surface area contributed by atoms with Crippen LogP contribution in [-0.4, -0.2) is 60.6 Å². The molecule has 10 heteroatoms. The van der Waals surface area contributed by atoms with Gasteiger partial charge in [-0.3, -0.25) is 0 Å². The Hall–Kier alpha value is -2.20. The van der Waals surface area contributed by atoms with E-state index in [1.807, 2.05) is 0 Å². The second-order valence-electron chi connectivity index (χ2n) is 4.46. The molecule has 0 saturated heterocycles. The molecule has 0 radical (unpaired) electrons. The van der Waals surface area contributed by atoms with Gasteiger partial charge in [0.1, 0.15) is 11.0 Å². The fraction of sp³-hybridized carbons (Fsp3) is 0.364. The Labute approximate surface area is 121 Å². The Bertz CT molecular complexity index is 741. The maximum Gasteiger partial charge on any atom is 0.319 e. The number of carbonyl (C=O) groups is 1. The minimum absolute atomic E-state index is 0.195. The summed E-state index contributed by atoms with van der Waals surface area (Å²) in [5.74, 6) is 0. The standard InChI is InChI=1S/C11H16N6O3S/c1-17(21(2,19)20)7-6-12-11(18)13-8-4-3-5-9-10(8)15-16-14-9/h3-5H,6-7H2,1-2H3,(H2,12,13,18)(H,14,15,16). The Morgan fingerprint density at radius 3 is 2.86 bits per heavy atom. The van der Waals surface area contributed by atoms with E-state index in [-0.39, 0.29) is 13.1 Å². The molecule has 21 heavy (non-hydrogen) atoms. The highest BCUT2D eigenvalue weighted by molar-refractivity contribution is 7.88. The number of para-hydroxylation sites is 1. The summed E-state index contributed by atoms with van der Waals surface area (Å²) in [6.45, 7) is 0.393. The summed E-state index contributed by atoms with van der Waals surface area (Å²) >= 11 is 0. The summed E-state index contributed by atoms with van der Waals surface area (Å²) in [6.07, 6.45) is 1.11. The molecule has 114 valence electrons. The molecule has 9 nitrogen and oxygen atoms in total. The van der Waals surface area contributed by atoms with Gasteiger partial charge in [0, 0.05) is 20.1 Å². The summed E-state index contributed by atoms with van der Waals surface area (Å²) < 4.78 is 23.5. The van der Waals surface area contributed by atoms with Crippen molar-refractivity contribution in [1.29, 1.82) is 0 Å². The van der Waals surface area contributed by atoms with Crippen LogP contribution < -0.4 is 10.6 Å². The highest BCUT2D eigenvalue weighted by Gasteiger charge is 2.11. The van der Waals surface area contributed by atoms with Crippen molar-refractivity contribution in [1.82, 2.24) is 25.0 Å². The number of nitrogens with zero attached hydrogens (tertiary/aromatic N) is 3. The molecule has 1 aromatic carbocycles. The number of hydrogen-bond donors (Lipinski definition) is 3. The van der Waals surface area contributed by atoms with E-state index in [0.717, 1.165) is 10.6 Å². The monoisotopic (exact) mass is 312 g/mol. The van der Waals surface area contributed by atoms with Crippen molar-refractivity contribution < 1.29 is 13.2 Å². The van der Waals surface area contributed by atoms with Crippen LogP contribution in [0, 0.1) is 0 Å². The quantitative estimate of drug-likeness (QED) is 0.716. The largest absolute Gasteiger partial charge is 0.337 e. The molecule has 1 aromatic heterocycles.